The molecule has 0 fully saturated rings. The smallest absolute Gasteiger partial charge is 0.0727 e. The standard InChI is InChI=1S/C11H11ClN2.C3H8/c1-2-8-6-10(13)9-5-7(12)3-4-11(9)14-8;1-3-2/h3-6H,2H2,1H3,(H2,13,14);3H2,1-2H3. The van der Waals surface area contributed by atoms with E-state index < -0.39 is 0 Å². The third-order valence-electron chi connectivity index (χ3n) is 2.22. The van der Waals surface area contributed by atoms with Crippen LogP contribution in [0, 0.1) is 0 Å². The molecular formula is C14H19ClN2. The summed E-state index contributed by atoms with van der Waals surface area (Å²) >= 11 is 5.88. The average molecular weight is 251 g/mol. The first-order valence-corrected chi connectivity index (χ1v) is 6.34. The number of pyridine rings is 1. The van der Waals surface area contributed by atoms with Crippen LogP contribution in [0.1, 0.15) is 32.9 Å². The van der Waals surface area contributed by atoms with E-state index in [1.807, 2.05) is 24.3 Å². The lowest BCUT2D eigenvalue weighted by atomic mass is 10.1. The summed E-state index contributed by atoms with van der Waals surface area (Å²) in [6.07, 6.45) is 2.14. The maximum atomic E-state index is 5.90. The van der Waals surface area contributed by atoms with Crippen LogP contribution in [0.3, 0.4) is 0 Å². The van der Waals surface area contributed by atoms with Crippen LogP contribution >= 0.6 is 11.6 Å². The van der Waals surface area contributed by atoms with E-state index in [1.54, 1.807) is 0 Å². The number of nitrogens with zero attached hydrogens (tertiary/aromatic N) is 1. The second kappa shape index (κ2) is 6.45. The predicted octanol–water partition coefficient (Wildman–Crippen LogP) is 4.45. The molecule has 2 rings (SSSR count). The van der Waals surface area contributed by atoms with Gasteiger partial charge in [0.15, 0.2) is 0 Å². The minimum atomic E-state index is 0.690. The molecule has 2 nitrogen and oxygen atoms in total. The molecule has 0 amide bonds. The van der Waals surface area contributed by atoms with Gasteiger partial charge in [0.2, 0.25) is 0 Å². The Labute approximate surface area is 108 Å². The lowest BCUT2D eigenvalue weighted by molar-refractivity contribution is 1.06. The van der Waals surface area contributed by atoms with Crippen molar-refractivity contribution in [1.82, 2.24) is 4.98 Å². The van der Waals surface area contributed by atoms with E-state index in [1.165, 1.54) is 6.42 Å². The van der Waals surface area contributed by atoms with E-state index in [0.29, 0.717) is 5.02 Å². The van der Waals surface area contributed by atoms with Gasteiger partial charge in [0, 0.05) is 21.8 Å². The van der Waals surface area contributed by atoms with Crippen LogP contribution in [0.15, 0.2) is 24.3 Å². The van der Waals surface area contributed by atoms with Crippen molar-refractivity contribution in [3.8, 4) is 0 Å². The van der Waals surface area contributed by atoms with Crippen LogP contribution in [-0.2, 0) is 6.42 Å². The number of hydrogen-bond acceptors (Lipinski definition) is 2. The summed E-state index contributed by atoms with van der Waals surface area (Å²) in [5.41, 5.74) is 8.57. The number of nitrogen functional groups attached to an aromatic ring is 1. The molecule has 1 aromatic carbocycles. The molecule has 3 heteroatoms. The zero-order chi connectivity index (χ0) is 12.8. The monoisotopic (exact) mass is 250 g/mol. The highest BCUT2D eigenvalue weighted by Gasteiger charge is 2.02. The van der Waals surface area contributed by atoms with Crippen LogP contribution in [-0.4, -0.2) is 4.98 Å². The minimum absolute atomic E-state index is 0.690. The summed E-state index contributed by atoms with van der Waals surface area (Å²) in [5, 5.41) is 1.62. The molecule has 1 aromatic heterocycles. The SMILES string of the molecule is CCC.CCc1cc(N)c2cc(Cl)ccc2n1. The summed E-state index contributed by atoms with van der Waals surface area (Å²) in [6, 6.07) is 7.47. The number of hydrogen-bond donors (Lipinski definition) is 1. The summed E-state index contributed by atoms with van der Waals surface area (Å²) in [6.45, 7) is 6.31. The van der Waals surface area contributed by atoms with E-state index in [0.717, 1.165) is 28.7 Å². The number of aromatic nitrogens is 1. The first-order valence-electron chi connectivity index (χ1n) is 5.97. The molecule has 92 valence electrons. The lowest BCUT2D eigenvalue weighted by Gasteiger charge is -2.04. The molecule has 2 N–H and O–H groups in total. The third-order valence-corrected chi connectivity index (χ3v) is 2.45. The lowest BCUT2D eigenvalue weighted by Crippen LogP contribution is -1.94. The molecule has 0 radical (unpaired) electrons. The van der Waals surface area contributed by atoms with Crippen molar-refractivity contribution >= 4 is 28.2 Å². The zero-order valence-electron chi connectivity index (χ0n) is 10.6. The number of fused-ring (bicyclic) bond motifs is 1. The molecule has 0 unspecified atom stereocenters. The van der Waals surface area contributed by atoms with Gasteiger partial charge in [-0.1, -0.05) is 38.8 Å². The Kier molecular flexibility index (Phi) is 5.23. The molecule has 0 aliphatic heterocycles. The average Bonchev–Trinajstić information content (AvgIpc) is 2.31. The number of halogens is 1. The van der Waals surface area contributed by atoms with Crippen molar-refractivity contribution in [2.45, 2.75) is 33.6 Å². The second-order valence-corrected chi connectivity index (χ2v) is 4.36. The molecule has 0 aliphatic rings. The van der Waals surface area contributed by atoms with Gasteiger partial charge in [0.25, 0.3) is 0 Å². The van der Waals surface area contributed by atoms with Gasteiger partial charge in [-0.15, -0.1) is 0 Å². The van der Waals surface area contributed by atoms with Crippen molar-refractivity contribution in [3.63, 3.8) is 0 Å². The van der Waals surface area contributed by atoms with Crippen molar-refractivity contribution in [2.24, 2.45) is 0 Å². The van der Waals surface area contributed by atoms with Gasteiger partial charge in [0.1, 0.15) is 0 Å². The highest BCUT2D eigenvalue weighted by atomic mass is 35.5. The number of anilines is 1. The van der Waals surface area contributed by atoms with Gasteiger partial charge in [-0.25, -0.2) is 0 Å². The molecule has 0 aliphatic carbocycles. The normalized spacial score (nSPS) is 9.88. The Morgan fingerprint density at radius 3 is 2.41 bits per heavy atom. The summed E-state index contributed by atoms with van der Waals surface area (Å²) in [5.74, 6) is 0. The van der Waals surface area contributed by atoms with Crippen molar-refractivity contribution in [2.75, 3.05) is 5.73 Å². The molecule has 0 spiro atoms. The molecule has 1 heterocycles. The van der Waals surface area contributed by atoms with Crippen LogP contribution in [0.4, 0.5) is 5.69 Å². The molecule has 2 aromatic rings. The number of benzene rings is 1. The first-order chi connectivity index (χ1) is 8.12. The highest BCUT2D eigenvalue weighted by molar-refractivity contribution is 6.31. The largest absolute Gasteiger partial charge is 0.398 e. The van der Waals surface area contributed by atoms with Gasteiger partial charge < -0.3 is 5.73 Å². The van der Waals surface area contributed by atoms with E-state index in [9.17, 15) is 0 Å². The fourth-order valence-corrected chi connectivity index (χ4v) is 1.63. The van der Waals surface area contributed by atoms with E-state index in [4.69, 9.17) is 17.3 Å². The fourth-order valence-electron chi connectivity index (χ4n) is 1.46. The number of aryl methyl sites for hydroxylation is 1. The second-order valence-electron chi connectivity index (χ2n) is 3.92. The summed E-state index contributed by atoms with van der Waals surface area (Å²) in [7, 11) is 0. The highest BCUT2D eigenvalue weighted by Crippen LogP contribution is 2.24. The van der Waals surface area contributed by atoms with Crippen molar-refractivity contribution in [3.05, 3.63) is 35.0 Å². The van der Waals surface area contributed by atoms with Crippen molar-refractivity contribution in [1.29, 1.82) is 0 Å². The first kappa shape index (κ1) is 13.8. The molecule has 0 saturated heterocycles. The van der Waals surface area contributed by atoms with Gasteiger partial charge in [0.05, 0.1) is 5.52 Å². The number of nitrogens with two attached hydrogens (primary N) is 1. The molecule has 0 saturated carbocycles. The molecule has 17 heavy (non-hydrogen) atoms. The van der Waals surface area contributed by atoms with E-state index >= 15 is 0 Å². The Morgan fingerprint density at radius 1 is 1.18 bits per heavy atom. The Morgan fingerprint density at radius 2 is 1.82 bits per heavy atom. The Hall–Kier alpha value is -1.28. The van der Waals surface area contributed by atoms with Crippen LogP contribution in [0.2, 0.25) is 5.02 Å². The van der Waals surface area contributed by atoms with Crippen LogP contribution < -0.4 is 5.73 Å². The summed E-state index contributed by atoms with van der Waals surface area (Å²) in [4.78, 5) is 4.46. The predicted molar refractivity (Wildman–Crippen MR) is 76.5 cm³/mol. The van der Waals surface area contributed by atoms with Gasteiger partial charge in [-0.05, 0) is 30.7 Å². The minimum Gasteiger partial charge on any atom is -0.398 e. The summed E-state index contributed by atoms with van der Waals surface area (Å²) < 4.78 is 0. The fraction of sp³-hybridized carbons (Fsp3) is 0.357. The number of rotatable bonds is 1. The van der Waals surface area contributed by atoms with Crippen molar-refractivity contribution < 1.29 is 0 Å². The molecular weight excluding hydrogens is 232 g/mol. The Balaban J connectivity index is 0.000000437. The van der Waals surface area contributed by atoms with Gasteiger partial charge in [-0.2, -0.15) is 0 Å². The topological polar surface area (TPSA) is 38.9 Å². The maximum absolute atomic E-state index is 5.90. The van der Waals surface area contributed by atoms with E-state index in [2.05, 4.69) is 25.8 Å². The third kappa shape index (κ3) is 3.60. The van der Waals surface area contributed by atoms with Gasteiger partial charge >= 0.3 is 0 Å². The maximum Gasteiger partial charge on any atom is 0.0727 e. The quantitative estimate of drug-likeness (QED) is 0.812. The van der Waals surface area contributed by atoms with Crippen LogP contribution in [0.25, 0.3) is 10.9 Å². The zero-order valence-corrected chi connectivity index (χ0v) is 11.4. The van der Waals surface area contributed by atoms with Crippen LogP contribution in [0.5, 0.6) is 0 Å². The Bertz CT molecular complexity index is 495. The van der Waals surface area contributed by atoms with Gasteiger partial charge in [-0.3, -0.25) is 4.98 Å². The van der Waals surface area contributed by atoms with E-state index in [-0.39, 0.29) is 0 Å². The molecule has 0 atom stereocenters. The molecule has 0 bridgehead atoms.